The van der Waals surface area contributed by atoms with Gasteiger partial charge in [-0.3, -0.25) is 4.98 Å². The monoisotopic (exact) mass is 352 g/mol. The summed E-state index contributed by atoms with van der Waals surface area (Å²) in [5, 5.41) is 0. The van der Waals surface area contributed by atoms with Gasteiger partial charge in [0.2, 0.25) is 5.88 Å². The number of benzene rings is 2. The van der Waals surface area contributed by atoms with Crippen molar-refractivity contribution in [2.75, 3.05) is 0 Å². The summed E-state index contributed by atoms with van der Waals surface area (Å²) < 4.78 is 5.87. The van der Waals surface area contributed by atoms with E-state index in [0.717, 1.165) is 28.4 Å². The van der Waals surface area contributed by atoms with Crippen molar-refractivity contribution in [3.8, 4) is 22.9 Å². The predicted octanol–water partition coefficient (Wildman–Crippen LogP) is 6.09. The SMILES string of the molecule is CC(c1cccc(Oc2ccccc2)n1)c1cccc(-c2ccccc2)n1. The Morgan fingerprint density at radius 3 is 2.00 bits per heavy atom. The Labute approximate surface area is 159 Å². The summed E-state index contributed by atoms with van der Waals surface area (Å²) in [6.07, 6.45) is 0. The third-order valence-electron chi connectivity index (χ3n) is 4.44. The smallest absolute Gasteiger partial charge is 0.219 e. The Morgan fingerprint density at radius 1 is 0.630 bits per heavy atom. The number of ether oxygens (including phenoxy) is 1. The Bertz CT molecular complexity index is 1020. The first-order chi connectivity index (χ1) is 13.3. The fraction of sp³-hybridized carbons (Fsp3) is 0.0833. The summed E-state index contributed by atoms with van der Waals surface area (Å²) in [5.41, 5.74) is 4.00. The zero-order valence-electron chi connectivity index (χ0n) is 15.1. The van der Waals surface area contributed by atoms with Gasteiger partial charge < -0.3 is 4.74 Å². The molecule has 1 atom stereocenters. The molecule has 0 aliphatic carbocycles. The second-order valence-electron chi connectivity index (χ2n) is 6.35. The molecule has 2 heterocycles. The summed E-state index contributed by atoms with van der Waals surface area (Å²) in [5.74, 6) is 1.43. The van der Waals surface area contributed by atoms with Gasteiger partial charge in [0.15, 0.2) is 0 Å². The highest BCUT2D eigenvalue weighted by Gasteiger charge is 2.13. The van der Waals surface area contributed by atoms with Gasteiger partial charge in [0.1, 0.15) is 5.75 Å². The van der Waals surface area contributed by atoms with Crippen LogP contribution in [0.4, 0.5) is 0 Å². The van der Waals surface area contributed by atoms with E-state index in [2.05, 4.69) is 24.0 Å². The third kappa shape index (κ3) is 4.04. The van der Waals surface area contributed by atoms with Crippen molar-refractivity contribution in [2.24, 2.45) is 0 Å². The fourth-order valence-corrected chi connectivity index (χ4v) is 2.95. The molecule has 0 saturated heterocycles. The lowest BCUT2D eigenvalue weighted by atomic mass is 10.0. The topological polar surface area (TPSA) is 35.0 Å². The van der Waals surface area contributed by atoms with Crippen LogP contribution in [-0.2, 0) is 0 Å². The molecule has 3 heteroatoms. The van der Waals surface area contributed by atoms with E-state index in [0.29, 0.717) is 5.88 Å². The molecule has 0 saturated carbocycles. The molecule has 0 amide bonds. The molecule has 2 aromatic heterocycles. The zero-order valence-corrected chi connectivity index (χ0v) is 15.1. The Hall–Kier alpha value is -3.46. The van der Waals surface area contributed by atoms with Crippen molar-refractivity contribution in [1.82, 2.24) is 9.97 Å². The van der Waals surface area contributed by atoms with Crippen LogP contribution >= 0.6 is 0 Å². The summed E-state index contributed by atoms with van der Waals surface area (Å²) in [6, 6.07) is 31.9. The molecule has 0 radical (unpaired) electrons. The van der Waals surface area contributed by atoms with Crippen LogP contribution in [0.25, 0.3) is 11.3 Å². The molecule has 4 aromatic rings. The average molecular weight is 352 g/mol. The minimum atomic E-state index is 0.0629. The minimum Gasteiger partial charge on any atom is -0.439 e. The number of hydrogen-bond acceptors (Lipinski definition) is 3. The second-order valence-corrected chi connectivity index (χ2v) is 6.35. The first kappa shape index (κ1) is 17.0. The van der Waals surface area contributed by atoms with Crippen LogP contribution < -0.4 is 4.74 Å². The minimum absolute atomic E-state index is 0.0629. The van der Waals surface area contributed by atoms with Gasteiger partial charge in [0, 0.05) is 23.2 Å². The van der Waals surface area contributed by atoms with Gasteiger partial charge in [-0.25, -0.2) is 4.98 Å². The number of pyridine rings is 2. The molecule has 2 aromatic carbocycles. The van der Waals surface area contributed by atoms with Gasteiger partial charge in [-0.2, -0.15) is 0 Å². The number of aromatic nitrogens is 2. The van der Waals surface area contributed by atoms with E-state index in [1.54, 1.807) is 0 Å². The Morgan fingerprint density at radius 2 is 1.26 bits per heavy atom. The summed E-state index contributed by atoms with van der Waals surface area (Å²) in [6.45, 7) is 2.12. The fourth-order valence-electron chi connectivity index (χ4n) is 2.95. The molecule has 4 rings (SSSR count). The lowest BCUT2D eigenvalue weighted by Gasteiger charge is -2.13. The van der Waals surface area contributed by atoms with Gasteiger partial charge in [-0.1, -0.05) is 67.6 Å². The molecule has 0 fully saturated rings. The van der Waals surface area contributed by atoms with Crippen LogP contribution in [0, 0.1) is 0 Å². The molecule has 1 unspecified atom stereocenters. The van der Waals surface area contributed by atoms with E-state index >= 15 is 0 Å². The standard InChI is InChI=1S/C24H20N2O/c1-18(21-14-8-16-23(25-21)19-10-4-2-5-11-19)22-15-9-17-24(26-22)27-20-12-6-3-7-13-20/h2-18H,1H3. The van der Waals surface area contributed by atoms with Crippen molar-refractivity contribution >= 4 is 0 Å². The first-order valence-electron chi connectivity index (χ1n) is 9.02. The number of nitrogens with zero attached hydrogens (tertiary/aromatic N) is 2. The zero-order chi connectivity index (χ0) is 18.5. The highest BCUT2D eigenvalue weighted by atomic mass is 16.5. The molecule has 0 spiro atoms. The summed E-state index contributed by atoms with van der Waals surface area (Å²) in [4.78, 5) is 9.54. The van der Waals surface area contributed by atoms with Crippen LogP contribution in [-0.4, -0.2) is 9.97 Å². The van der Waals surface area contributed by atoms with Gasteiger partial charge >= 0.3 is 0 Å². The van der Waals surface area contributed by atoms with Crippen molar-refractivity contribution in [1.29, 1.82) is 0 Å². The predicted molar refractivity (Wildman–Crippen MR) is 108 cm³/mol. The molecule has 0 N–H and O–H groups in total. The van der Waals surface area contributed by atoms with Gasteiger partial charge in [0.25, 0.3) is 0 Å². The van der Waals surface area contributed by atoms with Gasteiger partial charge in [-0.05, 0) is 30.3 Å². The number of para-hydroxylation sites is 1. The third-order valence-corrected chi connectivity index (χ3v) is 4.44. The van der Waals surface area contributed by atoms with E-state index in [1.807, 2.05) is 84.9 Å². The molecule has 132 valence electrons. The maximum Gasteiger partial charge on any atom is 0.219 e. The first-order valence-corrected chi connectivity index (χ1v) is 9.02. The van der Waals surface area contributed by atoms with E-state index in [4.69, 9.17) is 9.72 Å². The highest BCUT2D eigenvalue weighted by molar-refractivity contribution is 5.59. The van der Waals surface area contributed by atoms with Gasteiger partial charge in [-0.15, -0.1) is 0 Å². The van der Waals surface area contributed by atoms with Crippen molar-refractivity contribution in [3.05, 3.63) is 108 Å². The second kappa shape index (κ2) is 7.83. The molecule has 0 bridgehead atoms. The lowest BCUT2D eigenvalue weighted by molar-refractivity contribution is 0.460. The van der Waals surface area contributed by atoms with Crippen LogP contribution in [0.2, 0.25) is 0 Å². The van der Waals surface area contributed by atoms with E-state index in [9.17, 15) is 0 Å². The summed E-state index contributed by atoms with van der Waals surface area (Å²) in [7, 11) is 0. The lowest BCUT2D eigenvalue weighted by Crippen LogP contribution is -2.03. The van der Waals surface area contributed by atoms with Crippen molar-refractivity contribution in [2.45, 2.75) is 12.8 Å². The Kier molecular flexibility index (Phi) is 4.93. The maximum atomic E-state index is 5.87. The number of hydrogen-bond donors (Lipinski definition) is 0. The quantitative estimate of drug-likeness (QED) is 0.436. The highest BCUT2D eigenvalue weighted by Crippen LogP contribution is 2.26. The molecule has 0 aliphatic rings. The van der Waals surface area contributed by atoms with Crippen molar-refractivity contribution in [3.63, 3.8) is 0 Å². The number of rotatable bonds is 5. The van der Waals surface area contributed by atoms with Crippen LogP contribution in [0.1, 0.15) is 24.2 Å². The molecular weight excluding hydrogens is 332 g/mol. The largest absolute Gasteiger partial charge is 0.439 e. The molecule has 3 nitrogen and oxygen atoms in total. The molecule has 27 heavy (non-hydrogen) atoms. The summed E-state index contributed by atoms with van der Waals surface area (Å²) >= 11 is 0. The van der Waals surface area contributed by atoms with Crippen LogP contribution in [0.5, 0.6) is 11.6 Å². The van der Waals surface area contributed by atoms with E-state index in [1.165, 1.54) is 0 Å². The van der Waals surface area contributed by atoms with Gasteiger partial charge in [0.05, 0.1) is 11.4 Å². The van der Waals surface area contributed by atoms with Crippen LogP contribution in [0.15, 0.2) is 97.1 Å². The molecular formula is C24H20N2O. The average Bonchev–Trinajstić information content (AvgIpc) is 2.75. The van der Waals surface area contributed by atoms with E-state index in [-0.39, 0.29) is 5.92 Å². The molecule has 0 aliphatic heterocycles. The van der Waals surface area contributed by atoms with Crippen LogP contribution in [0.3, 0.4) is 0 Å². The van der Waals surface area contributed by atoms with E-state index < -0.39 is 0 Å². The Balaban J connectivity index is 1.60. The van der Waals surface area contributed by atoms with Crippen molar-refractivity contribution < 1.29 is 4.74 Å². The maximum absolute atomic E-state index is 5.87. The normalized spacial score (nSPS) is 11.7.